The number of imidazole rings is 2. The van der Waals surface area contributed by atoms with Gasteiger partial charge in [0.05, 0.1) is 22.1 Å². The first-order chi connectivity index (χ1) is 14.4. The summed E-state index contributed by atoms with van der Waals surface area (Å²) in [6, 6.07) is 31.8. The fourth-order valence-electron chi connectivity index (χ4n) is 4.58. The first-order valence-corrected chi connectivity index (χ1v) is 9.76. The topological polar surface area (TPSA) is 38.0 Å². The van der Waals surface area contributed by atoms with E-state index in [9.17, 15) is 0 Å². The van der Waals surface area contributed by atoms with Gasteiger partial charge in [0.15, 0.2) is 0 Å². The fourth-order valence-corrected chi connectivity index (χ4v) is 4.58. The molecule has 0 atom stereocenters. The van der Waals surface area contributed by atoms with Crippen LogP contribution in [-0.4, -0.2) is 18.9 Å². The van der Waals surface area contributed by atoms with Gasteiger partial charge in [0.1, 0.15) is 0 Å². The maximum absolute atomic E-state index is 5.08. The highest BCUT2D eigenvalue weighted by atomic mass is 15.2. The van der Waals surface area contributed by atoms with E-state index in [-0.39, 0.29) is 0 Å². The molecule has 29 heavy (non-hydrogen) atoms. The lowest BCUT2D eigenvalue weighted by Crippen LogP contribution is -1.94. The maximum Gasteiger partial charge on any atom is 0.220 e. The van der Waals surface area contributed by atoms with Crippen molar-refractivity contribution in [1.82, 2.24) is 18.9 Å². The van der Waals surface area contributed by atoms with Crippen molar-refractivity contribution in [3.05, 3.63) is 91.0 Å². The zero-order chi connectivity index (χ0) is 18.9. The molecule has 7 rings (SSSR count). The van der Waals surface area contributed by atoms with Gasteiger partial charge in [0, 0.05) is 27.5 Å². The lowest BCUT2D eigenvalue weighted by molar-refractivity contribution is 1.11. The van der Waals surface area contributed by atoms with Crippen LogP contribution in [0, 0.1) is 0 Å². The number of nitrogens with zero attached hydrogens (tertiary/aromatic N) is 3. The van der Waals surface area contributed by atoms with Gasteiger partial charge in [-0.2, -0.15) is 0 Å². The van der Waals surface area contributed by atoms with Crippen LogP contribution in [0.1, 0.15) is 0 Å². The highest BCUT2D eigenvalue weighted by Crippen LogP contribution is 2.33. The Kier molecular flexibility index (Phi) is 2.71. The highest BCUT2D eigenvalue weighted by molar-refractivity contribution is 6.11. The summed E-state index contributed by atoms with van der Waals surface area (Å²) < 4.78 is 4.50. The third-order valence-corrected chi connectivity index (χ3v) is 5.84. The number of H-pyrrole nitrogens is 1. The molecule has 1 N–H and O–H groups in total. The van der Waals surface area contributed by atoms with Gasteiger partial charge in [-0.1, -0.05) is 48.5 Å². The minimum absolute atomic E-state index is 0.935. The number of nitrogens with one attached hydrogen (secondary N) is 1. The van der Waals surface area contributed by atoms with E-state index >= 15 is 0 Å². The number of fused-ring (bicyclic) bond motifs is 8. The Balaban J connectivity index is 1.69. The summed E-state index contributed by atoms with van der Waals surface area (Å²) in [5.74, 6) is 0.935. The standard InChI is InChI=1S/C25H16N4/c1-2-8-16(9-3-1)28-22-12-6-7-13-23(22)29-24-15-20-18(14-21(24)27-25(28)29)17-10-4-5-11-19(17)26-20/h1-15,26H. The average Bonchev–Trinajstić information content (AvgIpc) is 3.40. The second-order valence-electron chi connectivity index (χ2n) is 7.46. The van der Waals surface area contributed by atoms with Crippen molar-refractivity contribution < 1.29 is 0 Å². The smallest absolute Gasteiger partial charge is 0.220 e. The lowest BCUT2D eigenvalue weighted by atomic mass is 10.1. The normalized spacial score (nSPS) is 12.1. The minimum atomic E-state index is 0.935. The van der Waals surface area contributed by atoms with E-state index in [4.69, 9.17) is 4.98 Å². The Hall–Kier alpha value is -4.05. The number of para-hydroxylation sites is 4. The minimum Gasteiger partial charge on any atom is -0.354 e. The van der Waals surface area contributed by atoms with Gasteiger partial charge in [-0.25, -0.2) is 4.98 Å². The molecule has 0 aliphatic carbocycles. The molecule has 0 bridgehead atoms. The summed E-state index contributed by atoms with van der Waals surface area (Å²) in [4.78, 5) is 8.64. The second-order valence-corrected chi connectivity index (χ2v) is 7.46. The van der Waals surface area contributed by atoms with E-state index < -0.39 is 0 Å². The van der Waals surface area contributed by atoms with Crippen LogP contribution in [0.3, 0.4) is 0 Å². The van der Waals surface area contributed by atoms with Crippen molar-refractivity contribution in [2.45, 2.75) is 0 Å². The van der Waals surface area contributed by atoms with Crippen molar-refractivity contribution in [2.24, 2.45) is 0 Å². The second kappa shape index (κ2) is 5.26. The first-order valence-electron chi connectivity index (χ1n) is 9.76. The molecule has 0 saturated heterocycles. The van der Waals surface area contributed by atoms with E-state index in [0.29, 0.717) is 0 Å². The molecule has 4 nitrogen and oxygen atoms in total. The van der Waals surface area contributed by atoms with E-state index in [2.05, 4.69) is 98.9 Å². The summed E-state index contributed by atoms with van der Waals surface area (Å²) in [7, 11) is 0. The zero-order valence-electron chi connectivity index (χ0n) is 15.5. The van der Waals surface area contributed by atoms with E-state index in [0.717, 1.165) is 44.6 Å². The quantitative estimate of drug-likeness (QED) is 0.373. The summed E-state index contributed by atoms with van der Waals surface area (Å²) in [5, 5.41) is 2.45. The maximum atomic E-state index is 5.08. The van der Waals surface area contributed by atoms with Gasteiger partial charge in [0.25, 0.3) is 0 Å². The molecule has 136 valence electrons. The Morgan fingerprint density at radius 2 is 1.38 bits per heavy atom. The molecule has 7 aromatic rings. The van der Waals surface area contributed by atoms with Crippen LogP contribution in [0.25, 0.3) is 55.3 Å². The number of benzene rings is 4. The van der Waals surface area contributed by atoms with E-state index in [1.54, 1.807) is 0 Å². The molecule has 4 aromatic carbocycles. The summed E-state index contributed by atoms with van der Waals surface area (Å²) in [5.41, 5.74) is 7.84. The van der Waals surface area contributed by atoms with Crippen molar-refractivity contribution in [2.75, 3.05) is 0 Å². The predicted octanol–water partition coefficient (Wildman–Crippen LogP) is 6.07. The molecule has 0 aliphatic heterocycles. The molecule has 0 unspecified atom stereocenters. The highest BCUT2D eigenvalue weighted by Gasteiger charge is 2.18. The first kappa shape index (κ1) is 14.9. The molecule has 3 aromatic heterocycles. The van der Waals surface area contributed by atoms with Crippen LogP contribution in [-0.2, 0) is 0 Å². The van der Waals surface area contributed by atoms with Crippen molar-refractivity contribution in [3.63, 3.8) is 0 Å². The van der Waals surface area contributed by atoms with Crippen LogP contribution < -0.4 is 0 Å². The Labute approximate surface area is 165 Å². The van der Waals surface area contributed by atoms with Gasteiger partial charge < -0.3 is 4.98 Å². The number of hydrogen-bond donors (Lipinski definition) is 1. The molecular weight excluding hydrogens is 356 g/mol. The summed E-state index contributed by atoms with van der Waals surface area (Å²) >= 11 is 0. The number of rotatable bonds is 1. The molecule has 0 spiro atoms. The Morgan fingerprint density at radius 1 is 0.621 bits per heavy atom. The summed E-state index contributed by atoms with van der Waals surface area (Å²) in [6.07, 6.45) is 0. The molecule has 0 radical (unpaired) electrons. The van der Waals surface area contributed by atoms with Gasteiger partial charge in [0.2, 0.25) is 5.78 Å². The van der Waals surface area contributed by atoms with Gasteiger partial charge >= 0.3 is 0 Å². The monoisotopic (exact) mass is 372 g/mol. The third-order valence-electron chi connectivity index (χ3n) is 5.84. The third kappa shape index (κ3) is 1.90. The van der Waals surface area contributed by atoms with E-state index in [1.165, 1.54) is 10.8 Å². The number of aromatic amines is 1. The average molecular weight is 372 g/mol. The van der Waals surface area contributed by atoms with E-state index in [1.807, 2.05) is 6.07 Å². The molecule has 0 amide bonds. The molecule has 0 saturated carbocycles. The van der Waals surface area contributed by atoms with Crippen molar-refractivity contribution in [3.8, 4) is 5.69 Å². The van der Waals surface area contributed by atoms with Crippen LogP contribution in [0.15, 0.2) is 91.0 Å². The van der Waals surface area contributed by atoms with Crippen LogP contribution >= 0.6 is 0 Å². The predicted molar refractivity (Wildman–Crippen MR) is 119 cm³/mol. The van der Waals surface area contributed by atoms with Gasteiger partial charge in [-0.15, -0.1) is 0 Å². The van der Waals surface area contributed by atoms with Crippen molar-refractivity contribution in [1.29, 1.82) is 0 Å². The molecule has 0 aliphatic rings. The van der Waals surface area contributed by atoms with Gasteiger partial charge in [-0.05, 0) is 42.5 Å². The molecular formula is C25H16N4. The number of aromatic nitrogens is 4. The van der Waals surface area contributed by atoms with Crippen LogP contribution in [0.2, 0.25) is 0 Å². The summed E-state index contributed by atoms with van der Waals surface area (Å²) in [6.45, 7) is 0. The van der Waals surface area contributed by atoms with Crippen LogP contribution in [0.4, 0.5) is 0 Å². The fraction of sp³-hybridized carbons (Fsp3) is 0. The molecule has 4 heteroatoms. The number of hydrogen-bond acceptors (Lipinski definition) is 1. The Morgan fingerprint density at radius 3 is 2.28 bits per heavy atom. The zero-order valence-corrected chi connectivity index (χ0v) is 15.5. The SMILES string of the molecule is c1ccc(-n2c3ccccc3n3c4cc5[nH]c6ccccc6c5cc4nc23)cc1. The molecule has 0 fully saturated rings. The Bertz CT molecular complexity index is 1700. The van der Waals surface area contributed by atoms with Crippen molar-refractivity contribution >= 4 is 49.7 Å². The molecule has 3 heterocycles. The van der Waals surface area contributed by atoms with Crippen LogP contribution in [0.5, 0.6) is 0 Å². The lowest BCUT2D eigenvalue weighted by Gasteiger charge is -2.04. The largest absolute Gasteiger partial charge is 0.354 e. The van der Waals surface area contributed by atoms with Gasteiger partial charge in [-0.3, -0.25) is 8.97 Å².